The first kappa shape index (κ1) is 12.2. The predicted octanol–water partition coefficient (Wildman–Crippen LogP) is 2.28. The van der Waals surface area contributed by atoms with Crippen LogP contribution in [-0.4, -0.2) is 17.6 Å². The summed E-state index contributed by atoms with van der Waals surface area (Å²) in [4.78, 5) is 6.83. The molecular formula is C16H19N3. The third-order valence-electron chi connectivity index (χ3n) is 3.82. The van der Waals surface area contributed by atoms with E-state index in [1.807, 2.05) is 12.3 Å². The van der Waals surface area contributed by atoms with Gasteiger partial charge in [-0.1, -0.05) is 24.3 Å². The summed E-state index contributed by atoms with van der Waals surface area (Å²) in [6, 6.07) is 13.1. The molecule has 3 heteroatoms. The van der Waals surface area contributed by atoms with Crippen molar-refractivity contribution in [2.24, 2.45) is 5.73 Å². The Morgan fingerprint density at radius 2 is 2.05 bits per heavy atom. The van der Waals surface area contributed by atoms with Gasteiger partial charge in [-0.15, -0.1) is 0 Å². The minimum absolute atomic E-state index is 0.337. The van der Waals surface area contributed by atoms with Crippen molar-refractivity contribution >= 4 is 5.82 Å². The van der Waals surface area contributed by atoms with Crippen LogP contribution in [0.4, 0.5) is 5.82 Å². The van der Waals surface area contributed by atoms with Gasteiger partial charge in [-0.25, -0.2) is 4.98 Å². The second-order valence-corrected chi connectivity index (χ2v) is 5.18. The molecule has 0 amide bonds. The molecule has 0 fully saturated rings. The summed E-state index contributed by atoms with van der Waals surface area (Å²) in [5.41, 5.74) is 10.00. The molecule has 2 aromatic rings. The fraction of sp³-hybridized carbons (Fsp3) is 0.312. The van der Waals surface area contributed by atoms with Crippen LogP contribution in [0.5, 0.6) is 0 Å². The van der Waals surface area contributed by atoms with Crippen LogP contribution in [0.25, 0.3) is 0 Å². The molecule has 0 aliphatic carbocycles. The fourth-order valence-electron chi connectivity index (χ4n) is 2.74. The molecule has 1 unspecified atom stereocenters. The van der Waals surface area contributed by atoms with Gasteiger partial charge in [0, 0.05) is 25.3 Å². The number of nitrogens with two attached hydrogens (primary N) is 1. The number of aryl methyl sites for hydroxylation is 1. The second-order valence-electron chi connectivity index (χ2n) is 5.18. The molecule has 2 N–H and O–H groups in total. The molecule has 1 atom stereocenters. The number of rotatable bonds is 2. The Bertz CT molecular complexity index is 580. The highest BCUT2D eigenvalue weighted by molar-refractivity contribution is 5.47. The average Bonchev–Trinajstić information content (AvgIpc) is 2.46. The minimum Gasteiger partial charge on any atom is -0.348 e. The zero-order valence-electron chi connectivity index (χ0n) is 11.2. The normalized spacial score (nSPS) is 18.2. The summed E-state index contributed by atoms with van der Waals surface area (Å²) in [6.45, 7) is 3.65. The molecule has 0 saturated heterocycles. The summed E-state index contributed by atoms with van der Waals surface area (Å²) in [7, 11) is 0. The largest absolute Gasteiger partial charge is 0.348 e. The third kappa shape index (κ3) is 2.34. The highest BCUT2D eigenvalue weighted by Gasteiger charge is 2.25. The van der Waals surface area contributed by atoms with Crippen LogP contribution in [0.15, 0.2) is 42.6 Å². The number of aromatic nitrogens is 1. The maximum Gasteiger partial charge on any atom is 0.129 e. The Labute approximate surface area is 114 Å². The number of fused-ring (bicyclic) bond motifs is 1. The van der Waals surface area contributed by atoms with Crippen LogP contribution in [0.2, 0.25) is 0 Å². The van der Waals surface area contributed by atoms with Gasteiger partial charge in [-0.05, 0) is 42.2 Å². The zero-order valence-corrected chi connectivity index (χ0v) is 11.2. The lowest BCUT2D eigenvalue weighted by Gasteiger charge is -2.37. The van der Waals surface area contributed by atoms with Gasteiger partial charge in [0.25, 0.3) is 0 Å². The molecule has 3 rings (SSSR count). The average molecular weight is 253 g/mol. The lowest BCUT2D eigenvalue weighted by Crippen LogP contribution is -2.45. The molecule has 0 radical (unpaired) electrons. The standard InChI is InChI=1S/C16H19N3/c1-12-6-7-18-16(8-12)19-11-14-5-3-2-4-13(14)9-15(19)10-17/h2-8,15H,9-11,17H2,1H3. The van der Waals surface area contributed by atoms with Gasteiger partial charge >= 0.3 is 0 Å². The van der Waals surface area contributed by atoms with E-state index in [2.05, 4.69) is 47.1 Å². The van der Waals surface area contributed by atoms with E-state index in [1.54, 1.807) is 0 Å². The molecular weight excluding hydrogens is 234 g/mol. The first-order chi connectivity index (χ1) is 9.28. The quantitative estimate of drug-likeness (QED) is 0.893. The molecule has 0 spiro atoms. The summed E-state index contributed by atoms with van der Waals surface area (Å²) in [5.74, 6) is 1.03. The Balaban J connectivity index is 1.97. The van der Waals surface area contributed by atoms with Crippen molar-refractivity contribution in [2.45, 2.75) is 25.9 Å². The molecule has 3 nitrogen and oxygen atoms in total. The van der Waals surface area contributed by atoms with Crippen molar-refractivity contribution < 1.29 is 0 Å². The predicted molar refractivity (Wildman–Crippen MR) is 78.1 cm³/mol. The van der Waals surface area contributed by atoms with E-state index < -0.39 is 0 Å². The van der Waals surface area contributed by atoms with E-state index in [-0.39, 0.29) is 0 Å². The van der Waals surface area contributed by atoms with E-state index in [0.29, 0.717) is 12.6 Å². The van der Waals surface area contributed by atoms with E-state index >= 15 is 0 Å². The smallest absolute Gasteiger partial charge is 0.129 e. The first-order valence-corrected chi connectivity index (χ1v) is 6.74. The maximum absolute atomic E-state index is 5.96. The molecule has 2 heterocycles. The zero-order chi connectivity index (χ0) is 13.2. The Kier molecular flexibility index (Phi) is 3.22. The van der Waals surface area contributed by atoms with Gasteiger partial charge in [0.2, 0.25) is 0 Å². The molecule has 0 bridgehead atoms. The lowest BCUT2D eigenvalue weighted by molar-refractivity contribution is 0.555. The third-order valence-corrected chi connectivity index (χ3v) is 3.82. The van der Waals surface area contributed by atoms with Gasteiger partial charge in [-0.2, -0.15) is 0 Å². The fourth-order valence-corrected chi connectivity index (χ4v) is 2.74. The molecule has 1 aliphatic rings. The molecule has 0 saturated carbocycles. The number of nitrogens with zero attached hydrogens (tertiary/aromatic N) is 2. The van der Waals surface area contributed by atoms with Gasteiger partial charge in [0.05, 0.1) is 0 Å². The van der Waals surface area contributed by atoms with Crippen LogP contribution >= 0.6 is 0 Å². The van der Waals surface area contributed by atoms with Crippen molar-refractivity contribution in [3.63, 3.8) is 0 Å². The molecule has 1 aromatic carbocycles. The Hall–Kier alpha value is -1.87. The molecule has 19 heavy (non-hydrogen) atoms. The van der Waals surface area contributed by atoms with E-state index in [0.717, 1.165) is 18.8 Å². The number of hydrogen-bond donors (Lipinski definition) is 1. The van der Waals surface area contributed by atoms with E-state index in [9.17, 15) is 0 Å². The number of anilines is 1. The van der Waals surface area contributed by atoms with Gasteiger partial charge in [0.15, 0.2) is 0 Å². The van der Waals surface area contributed by atoms with Gasteiger partial charge in [0.1, 0.15) is 5.82 Å². The Morgan fingerprint density at radius 1 is 1.26 bits per heavy atom. The summed E-state index contributed by atoms with van der Waals surface area (Å²) in [5, 5.41) is 0. The Morgan fingerprint density at radius 3 is 2.79 bits per heavy atom. The van der Waals surface area contributed by atoms with Crippen molar-refractivity contribution in [1.82, 2.24) is 4.98 Å². The van der Waals surface area contributed by atoms with Crippen molar-refractivity contribution in [2.75, 3.05) is 11.4 Å². The highest BCUT2D eigenvalue weighted by atomic mass is 15.2. The van der Waals surface area contributed by atoms with E-state index in [4.69, 9.17) is 5.73 Å². The van der Waals surface area contributed by atoms with Crippen LogP contribution < -0.4 is 10.6 Å². The van der Waals surface area contributed by atoms with Crippen molar-refractivity contribution in [1.29, 1.82) is 0 Å². The van der Waals surface area contributed by atoms with Crippen LogP contribution in [0.1, 0.15) is 16.7 Å². The molecule has 98 valence electrons. The monoisotopic (exact) mass is 253 g/mol. The van der Waals surface area contributed by atoms with Crippen LogP contribution in [0, 0.1) is 6.92 Å². The number of hydrogen-bond acceptors (Lipinski definition) is 3. The SMILES string of the molecule is Cc1ccnc(N2Cc3ccccc3CC2CN)c1. The number of pyridine rings is 1. The van der Waals surface area contributed by atoms with Crippen LogP contribution in [0.3, 0.4) is 0 Å². The number of benzene rings is 1. The van der Waals surface area contributed by atoms with Gasteiger partial charge < -0.3 is 10.6 Å². The summed E-state index contributed by atoms with van der Waals surface area (Å²) >= 11 is 0. The van der Waals surface area contributed by atoms with Crippen molar-refractivity contribution in [3.8, 4) is 0 Å². The highest BCUT2D eigenvalue weighted by Crippen LogP contribution is 2.27. The second kappa shape index (κ2) is 5.02. The topological polar surface area (TPSA) is 42.2 Å². The van der Waals surface area contributed by atoms with Gasteiger partial charge in [-0.3, -0.25) is 0 Å². The molecule has 1 aromatic heterocycles. The van der Waals surface area contributed by atoms with Crippen LogP contribution in [-0.2, 0) is 13.0 Å². The lowest BCUT2D eigenvalue weighted by atomic mass is 9.94. The molecule has 1 aliphatic heterocycles. The van der Waals surface area contributed by atoms with E-state index in [1.165, 1.54) is 16.7 Å². The summed E-state index contributed by atoms with van der Waals surface area (Å²) in [6.07, 6.45) is 2.88. The minimum atomic E-state index is 0.337. The first-order valence-electron chi connectivity index (χ1n) is 6.74. The summed E-state index contributed by atoms with van der Waals surface area (Å²) < 4.78 is 0. The maximum atomic E-state index is 5.96. The van der Waals surface area contributed by atoms with Crippen molar-refractivity contribution in [3.05, 3.63) is 59.3 Å².